The number of benzene rings is 2. The monoisotopic (exact) mass is 543 g/mol. The summed E-state index contributed by atoms with van der Waals surface area (Å²) in [5.41, 5.74) is 2.89. The van der Waals surface area contributed by atoms with Crippen molar-refractivity contribution in [2.45, 2.75) is 44.1 Å². The molecular weight excluding hydrogens is 498 g/mol. The number of methoxy groups -OCH3 is 2. The van der Waals surface area contributed by atoms with Crippen molar-refractivity contribution >= 4 is 5.69 Å². The van der Waals surface area contributed by atoms with Gasteiger partial charge in [0.1, 0.15) is 11.5 Å². The van der Waals surface area contributed by atoms with Crippen molar-refractivity contribution in [2.24, 2.45) is 0 Å². The fraction of sp³-hybridized carbons (Fsp3) is 0.600. The van der Waals surface area contributed by atoms with Crippen molar-refractivity contribution in [1.82, 2.24) is 10.2 Å². The lowest BCUT2D eigenvalue weighted by atomic mass is 9.85. The van der Waals surface area contributed by atoms with E-state index in [9.17, 15) is 5.11 Å². The van der Waals surface area contributed by atoms with Gasteiger partial charge in [0.25, 0.3) is 0 Å². The summed E-state index contributed by atoms with van der Waals surface area (Å²) in [4.78, 5) is 2.43. The molecule has 3 N–H and O–H groups in total. The lowest BCUT2D eigenvalue weighted by Crippen LogP contribution is -2.51. The normalized spacial score (nSPS) is 24.0. The number of nitrogens with zero attached hydrogens (tertiary/aromatic N) is 1. The van der Waals surface area contributed by atoms with Crippen molar-refractivity contribution in [1.29, 1.82) is 0 Å². The molecule has 4 atom stereocenters. The van der Waals surface area contributed by atoms with Crippen LogP contribution >= 0.6 is 0 Å². The van der Waals surface area contributed by atoms with E-state index in [4.69, 9.17) is 23.7 Å². The van der Waals surface area contributed by atoms with E-state index in [1.54, 1.807) is 20.3 Å². The summed E-state index contributed by atoms with van der Waals surface area (Å²) >= 11 is 0. The van der Waals surface area contributed by atoms with Crippen LogP contribution in [0.2, 0.25) is 0 Å². The number of hydrogen-bond donors (Lipinski definition) is 3. The van der Waals surface area contributed by atoms with Crippen LogP contribution in [0.3, 0.4) is 0 Å². The maximum absolute atomic E-state index is 10.3. The molecule has 2 aliphatic rings. The second kappa shape index (κ2) is 15.4. The molecule has 0 aromatic heterocycles. The van der Waals surface area contributed by atoms with E-state index >= 15 is 0 Å². The van der Waals surface area contributed by atoms with Gasteiger partial charge in [-0.25, -0.2) is 0 Å². The van der Waals surface area contributed by atoms with Crippen molar-refractivity contribution < 1.29 is 28.8 Å². The average molecular weight is 544 g/mol. The first-order valence-corrected chi connectivity index (χ1v) is 14.0. The number of rotatable bonds is 14. The van der Waals surface area contributed by atoms with Gasteiger partial charge in [-0.3, -0.25) is 4.90 Å². The highest BCUT2D eigenvalue weighted by atomic mass is 16.5. The fourth-order valence-electron chi connectivity index (χ4n) is 5.31. The molecule has 2 unspecified atom stereocenters. The van der Waals surface area contributed by atoms with E-state index in [1.165, 1.54) is 5.56 Å². The van der Waals surface area contributed by atoms with Gasteiger partial charge in [0, 0.05) is 58.4 Å². The van der Waals surface area contributed by atoms with E-state index in [1.807, 2.05) is 24.3 Å². The van der Waals surface area contributed by atoms with Gasteiger partial charge in [0.05, 0.1) is 51.4 Å². The van der Waals surface area contributed by atoms with Crippen molar-refractivity contribution in [3.05, 3.63) is 53.6 Å². The quantitative estimate of drug-likeness (QED) is 0.245. The van der Waals surface area contributed by atoms with Gasteiger partial charge in [-0.1, -0.05) is 18.2 Å². The SMILES string of the molecule is COCCCNc1cc(CO[C@H]2CNC[C@@H](OCCN3CCOCC3C)C2c2ccc(OC)cc2)ccc1O. The Kier molecular flexibility index (Phi) is 11.7. The Bertz CT molecular complexity index is 991. The van der Waals surface area contributed by atoms with E-state index < -0.39 is 0 Å². The average Bonchev–Trinajstić information content (AvgIpc) is 2.96. The fourth-order valence-corrected chi connectivity index (χ4v) is 5.31. The number of hydrogen-bond acceptors (Lipinski definition) is 9. The third-order valence-electron chi connectivity index (χ3n) is 7.57. The van der Waals surface area contributed by atoms with Crippen LogP contribution in [0.1, 0.15) is 30.4 Å². The Labute approximate surface area is 232 Å². The molecule has 0 saturated carbocycles. The molecule has 0 amide bonds. The predicted molar refractivity (Wildman–Crippen MR) is 152 cm³/mol. The van der Waals surface area contributed by atoms with E-state index in [0.717, 1.165) is 63.7 Å². The van der Waals surface area contributed by atoms with E-state index in [2.05, 4.69) is 34.6 Å². The van der Waals surface area contributed by atoms with Gasteiger partial charge in [0.2, 0.25) is 0 Å². The summed E-state index contributed by atoms with van der Waals surface area (Å²) in [6.07, 6.45) is 0.762. The van der Waals surface area contributed by atoms with Crippen LogP contribution in [-0.2, 0) is 25.6 Å². The van der Waals surface area contributed by atoms with Gasteiger partial charge in [0.15, 0.2) is 0 Å². The number of anilines is 1. The molecular formula is C30H45N3O6. The molecule has 2 aromatic rings. The number of ether oxygens (including phenoxy) is 5. The highest BCUT2D eigenvalue weighted by Gasteiger charge is 2.36. The van der Waals surface area contributed by atoms with Gasteiger partial charge in [-0.2, -0.15) is 0 Å². The second-order valence-electron chi connectivity index (χ2n) is 10.3. The third-order valence-corrected chi connectivity index (χ3v) is 7.57. The van der Waals surface area contributed by atoms with Crippen molar-refractivity contribution in [3.8, 4) is 11.5 Å². The van der Waals surface area contributed by atoms with E-state index in [-0.39, 0.29) is 23.9 Å². The van der Waals surface area contributed by atoms with Crippen molar-refractivity contribution in [3.63, 3.8) is 0 Å². The largest absolute Gasteiger partial charge is 0.506 e. The minimum Gasteiger partial charge on any atom is -0.506 e. The molecule has 0 bridgehead atoms. The molecule has 216 valence electrons. The number of phenolic OH excluding ortho intramolecular Hbond substituents is 1. The molecule has 4 rings (SSSR count). The maximum atomic E-state index is 10.3. The maximum Gasteiger partial charge on any atom is 0.138 e. The summed E-state index contributed by atoms with van der Waals surface area (Å²) in [5, 5.41) is 17.1. The predicted octanol–water partition coefficient (Wildman–Crippen LogP) is 3.23. The topological polar surface area (TPSA) is 93.7 Å². The molecule has 39 heavy (non-hydrogen) atoms. The summed E-state index contributed by atoms with van der Waals surface area (Å²) in [5.74, 6) is 1.14. The Morgan fingerprint density at radius 1 is 1.05 bits per heavy atom. The van der Waals surface area contributed by atoms with Gasteiger partial charge < -0.3 is 39.4 Å². The number of phenols is 1. The van der Waals surface area contributed by atoms with Crippen LogP contribution in [0.25, 0.3) is 0 Å². The second-order valence-corrected chi connectivity index (χ2v) is 10.3. The minimum absolute atomic E-state index is 0.0219. The minimum atomic E-state index is -0.0774. The van der Waals surface area contributed by atoms with Crippen LogP contribution in [0.4, 0.5) is 5.69 Å². The lowest BCUT2D eigenvalue weighted by Gasteiger charge is -2.39. The third kappa shape index (κ3) is 8.54. The van der Waals surface area contributed by atoms with Crippen LogP contribution < -0.4 is 15.4 Å². The molecule has 0 aliphatic carbocycles. The lowest BCUT2D eigenvalue weighted by molar-refractivity contribution is -0.0706. The summed E-state index contributed by atoms with van der Waals surface area (Å²) in [6.45, 7) is 9.57. The Morgan fingerprint density at radius 2 is 1.85 bits per heavy atom. The summed E-state index contributed by atoms with van der Waals surface area (Å²) < 4.78 is 29.2. The first kappa shape index (κ1) is 29.6. The number of piperidine rings is 1. The Morgan fingerprint density at radius 3 is 2.59 bits per heavy atom. The van der Waals surface area contributed by atoms with E-state index in [0.29, 0.717) is 31.5 Å². The zero-order valence-corrected chi connectivity index (χ0v) is 23.6. The molecule has 2 aliphatic heterocycles. The van der Waals surface area contributed by atoms with Crippen molar-refractivity contribution in [2.75, 3.05) is 78.7 Å². The smallest absolute Gasteiger partial charge is 0.138 e. The van der Waals surface area contributed by atoms with Crippen LogP contribution in [-0.4, -0.2) is 102 Å². The van der Waals surface area contributed by atoms with Gasteiger partial charge >= 0.3 is 0 Å². The Balaban J connectivity index is 1.42. The molecule has 2 fully saturated rings. The molecule has 2 aromatic carbocycles. The van der Waals surface area contributed by atoms with Gasteiger partial charge in [-0.05, 0) is 48.7 Å². The molecule has 2 heterocycles. The number of morpholine rings is 1. The standard InChI is InChI=1S/C30H45N3O6/c1-22-20-37-15-12-33(22)13-16-38-28-18-31-19-29(30(28)24-6-8-25(36-3)9-7-24)39-21-23-5-10-27(34)26(17-23)32-11-4-14-35-2/h5-10,17,22,28-32,34H,4,11-16,18-21H2,1-3H3/t22?,28-,29+,30?/m1/s1. The highest BCUT2D eigenvalue weighted by molar-refractivity contribution is 5.57. The molecule has 9 heteroatoms. The first-order valence-electron chi connectivity index (χ1n) is 14.0. The van der Waals surface area contributed by atoms with Crippen LogP contribution in [0, 0.1) is 0 Å². The Hall–Kier alpha value is -2.40. The summed E-state index contributed by atoms with van der Waals surface area (Å²) in [6, 6.07) is 14.2. The van der Waals surface area contributed by atoms with Crippen LogP contribution in [0.15, 0.2) is 42.5 Å². The van der Waals surface area contributed by atoms with Gasteiger partial charge in [-0.15, -0.1) is 0 Å². The number of aromatic hydroxyl groups is 1. The first-order chi connectivity index (χ1) is 19.1. The zero-order valence-electron chi connectivity index (χ0n) is 23.6. The zero-order chi connectivity index (χ0) is 27.5. The summed E-state index contributed by atoms with van der Waals surface area (Å²) in [7, 11) is 3.37. The number of nitrogens with one attached hydrogen (secondary N) is 2. The molecule has 9 nitrogen and oxygen atoms in total. The molecule has 2 saturated heterocycles. The van der Waals surface area contributed by atoms with Crippen LogP contribution in [0.5, 0.6) is 11.5 Å². The molecule has 0 spiro atoms. The molecule has 0 radical (unpaired) electrons. The highest BCUT2D eigenvalue weighted by Crippen LogP contribution is 2.32.